The molecule has 0 unspecified atom stereocenters. The van der Waals surface area contributed by atoms with E-state index in [0.29, 0.717) is 12.1 Å². The fourth-order valence-electron chi connectivity index (χ4n) is 3.45. The van der Waals surface area contributed by atoms with Gasteiger partial charge in [-0.15, -0.1) is 0 Å². The smallest absolute Gasteiger partial charge is 0.339 e. The second-order valence-electron chi connectivity index (χ2n) is 7.32. The third-order valence-electron chi connectivity index (χ3n) is 5.09. The SMILES string of the molecule is O=C(OCc1ccccc1)c1ccccc1C(=O)N(Cc1ccccc1)c1ccccc1. The topological polar surface area (TPSA) is 46.6 Å². The molecule has 0 aliphatic carbocycles. The molecule has 4 aromatic carbocycles. The molecule has 0 saturated carbocycles. The molecule has 4 rings (SSSR count). The maximum absolute atomic E-state index is 13.7. The van der Waals surface area contributed by atoms with E-state index in [9.17, 15) is 9.59 Å². The van der Waals surface area contributed by atoms with Gasteiger partial charge in [-0.05, 0) is 35.4 Å². The highest BCUT2D eigenvalue weighted by molar-refractivity contribution is 6.12. The van der Waals surface area contributed by atoms with Crippen molar-refractivity contribution in [2.75, 3.05) is 4.90 Å². The lowest BCUT2D eigenvalue weighted by Gasteiger charge is -2.24. The second kappa shape index (κ2) is 10.2. The molecule has 4 heteroatoms. The van der Waals surface area contributed by atoms with Crippen molar-refractivity contribution in [2.24, 2.45) is 0 Å². The van der Waals surface area contributed by atoms with Crippen LogP contribution in [0.25, 0.3) is 0 Å². The van der Waals surface area contributed by atoms with Crippen molar-refractivity contribution in [3.05, 3.63) is 138 Å². The molecule has 0 aliphatic rings. The summed E-state index contributed by atoms with van der Waals surface area (Å²) in [6.07, 6.45) is 0. The van der Waals surface area contributed by atoms with E-state index >= 15 is 0 Å². The van der Waals surface area contributed by atoms with Gasteiger partial charge in [-0.1, -0.05) is 91.0 Å². The van der Waals surface area contributed by atoms with Crippen LogP contribution in [0.4, 0.5) is 5.69 Å². The van der Waals surface area contributed by atoms with E-state index in [0.717, 1.165) is 16.8 Å². The van der Waals surface area contributed by atoms with Crippen LogP contribution in [-0.2, 0) is 17.9 Å². The Bertz CT molecular complexity index is 1170. The normalized spacial score (nSPS) is 10.4. The van der Waals surface area contributed by atoms with Gasteiger partial charge >= 0.3 is 5.97 Å². The van der Waals surface area contributed by atoms with Crippen molar-refractivity contribution in [3.63, 3.8) is 0 Å². The number of hydrogen-bond acceptors (Lipinski definition) is 3. The van der Waals surface area contributed by atoms with Gasteiger partial charge in [-0.2, -0.15) is 0 Å². The van der Waals surface area contributed by atoms with Gasteiger partial charge in [-0.3, -0.25) is 4.79 Å². The van der Waals surface area contributed by atoms with E-state index in [-0.39, 0.29) is 18.1 Å². The van der Waals surface area contributed by atoms with Crippen molar-refractivity contribution >= 4 is 17.6 Å². The van der Waals surface area contributed by atoms with Gasteiger partial charge in [-0.25, -0.2) is 4.79 Å². The number of rotatable bonds is 7. The zero-order valence-corrected chi connectivity index (χ0v) is 17.6. The van der Waals surface area contributed by atoms with Crippen molar-refractivity contribution in [1.29, 1.82) is 0 Å². The summed E-state index contributed by atoms with van der Waals surface area (Å²) in [6.45, 7) is 0.533. The molecule has 0 heterocycles. The van der Waals surface area contributed by atoms with Crippen LogP contribution >= 0.6 is 0 Å². The molecular weight excluding hydrogens is 398 g/mol. The van der Waals surface area contributed by atoms with Crippen LogP contribution in [0, 0.1) is 0 Å². The Hall–Kier alpha value is -4.18. The van der Waals surface area contributed by atoms with E-state index in [2.05, 4.69) is 0 Å². The lowest BCUT2D eigenvalue weighted by molar-refractivity contribution is 0.0469. The summed E-state index contributed by atoms with van der Waals surface area (Å²) >= 11 is 0. The van der Waals surface area contributed by atoms with Crippen LogP contribution in [0.3, 0.4) is 0 Å². The first-order chi connectivity index (χ1) is 15.7. The number of nitrogens with zero attached hydrogens (tertiary/aromatic N) is 1. The maximum atomic E-state index is 13.7. The zero-order valence-electron chi connectivity index (χ0n) is 17.6. The van der Waals surface area contributed by atoms with Crippen LogP contribution < -0.4 is 4.90 Å². The predicted octanol–water partition coefficient (Wildman–Crippen LogP) is 5.89. The Morgan fingerprint density at radius 1 is 0.594 bits per heavy atom. The highest BCUT2D eigenvalue weighted by Gasteiger charge is 2.24. The second-order valence-corrected chi connectivity index (χ2v) is 7.32. The minimum atomic E-state index is -0.523. The van der Waals surface area contributed by atoms with Gasteiger partial charge in [0.25, 0.3) is 5.91 Å². The van der Waals surface area contributed by atoms with Crippen molar-refractivity contribution in [2.45, 2.75) is 13.2 Å². The van der Waals surface area contributed by atoms with Crippen LogP contribution in [0.15, 0.2) is 115 Å². The molecule has 0 fully saturated rings. The van der Waals surface area contributed by atoms with E-state index < -0.39 is 5.97 Å². The van der Waals surface area contributed by atoms with Gasteiger partial charge in [0.05, 0.1) is 17.7 Å². The van der Waals surface area contributed by atoms with Crippen LogP contribution in [0.1, 0.15) is 31.8 Å². The summed E-state index contributed by atoms with van der Waals surface area (Å²) < 4.78 is 5.50. The standard InChI is InChI=1S/C28H23NO3/c30-27(29(24-16-8-3-9-17-24)20-22-12-4-1-5-13-22)25-18-10-11-19-26(25)28(31)32-21-23-14-6-2-7-15-23/h1-19H,20-21H2. The molecule has 0 aliphatic heterocycles. The zero-order chi connectivity index (χ0) is 22.2. The number of carbonyl (C=O) groups is 2. The molecule has 0 spiro atoms. The number of esters is 1. The van der Waals surface area contributed by atoms with Gasteiger partial charge in [0, 0.05) is 5.69 Å². The third kappa shape index (κ3) is 5.10. The molecule has 0 radical (unpaired) electrons. The van der Waals surface area contributed by atoms with E-state index in [1.807, 2.05) is 91.0 Å². The molecule has 0 atom stereocenters. The number of ether oxygens (including phenoxy) is 1. The highest BCUT2D eigenvalue weighted by atomic mass is 16.5. The van der Waals surface area contributed by atoms with E-state index in [1.54, 1.807) is 29.2 Å². The molecular formula is C28H23NO3. The van der Waals surface area contributed by atoms with Gasteiger partial charge in [0.2, 0.25) is 0 Å². The van der Waals surface area contributed by atoms with Crippen LogP contribution in [-0.4, -0.2) is 11.9 Å². The average molecular weight is 421 g/mol. The highest BCUT2D eigenvalue weighted by Crippen LogP contribution is 2.22. The fraction of sp³-hybridized carbons (Fsp3) is 0.0714. The Kier molecular flexibility index (Phi) is 6.73. The molecule has 0 saturated heterocycles. The molecule has 0 N–H and O–H groups in total. The molecule has 0 bridgehead atoms. The van der Waals surface area contributed by atoms with Gasteiger partial charge < -0.3 is 9.64 Å². The van der Waals surface area contributed by atoms with Crippen molar-refractivity contribution in [3.8, 4) is 0 Å². The van der Waals surface area contributed by atoms with Gasteiger partial charge in [0.15, 0.2) is 0 Å². The monoisotopic (exact) mass is 421 g/mol. The Balaban J connectivity index is 1.62. The maximum Gasteiger partial charge on any atom is 0.339 e. The molecule has 32 heavy (non-hydrogen) atoms. The van der Waals surface area contributed by atoms with E-state index in [1.165, 1.54) is 0 Å². The summed E-state index contributed by atoms with van der Waals surface area (Å²) in [4.78, 5) is 28.2. The Morgan fingerprint density at radius 3 is 1.72 bits per heavy atom. The average Bonchev–Trinajstić information content (AvgIpc) is 2.87. The molecule has 1 amide bonds. The Morgan fingerprint density at radius 2 is 1.09 bits per heavy atom. The lowest BCUT2D eigenvalue weighted by atomic mass is 10.0. The predicted molar refractivity (Wildman–Crippen MR) is 125 cm³/mol. The molecule has 158 valence electrons. The summed E-state index contributed by atoms with van der Waals surface area (Å²) in [6, 6.07) is 35.5. The summed E-state index contributed by atoms with van der Waals surface area (Å²) in [5, 5.41) is 0. The van der Waals surface area contributed by atoms with Gasteiger partial charge in [0.1, 0.15) is 6.61 Å². The summed E-state index contributed by atoms with van der Waals surface area (Å²) in [5.74, 6) is -0.780. The quantitative estimate of drug-likeness (QED) is 0.350. The Labute approximate surface area is 187 Å². The lowest BCUT2D eigenvalue weighted by Crippen LogP contribution is -2.31. The number of benzene rings is 4. The first-order valence-electron chi connectivity index (χ1n) is 10.4. The number of carbonyl (C=O) groups excluding carboxylic acids is 2. The van der Waals surface area contributed by atoms with Crippen molar-refractivity contribution < 1.29 is 14.3 Å². The van der Waals surface area contributed by atoms with Crippen LogP contribution in [0.2, 0.25) is 0 Å². The van der Waals surface area contributed by atoms with Crippen LogP contribution in [0.5, 0.6) is 0 Å². The number of anilines is 1. The van der Waals surface area contributed by atoms with Crippen molar-refractivity contribution in [1.82, 2.24) is 0 Å². The molecule has 4 aromatic rings. The first-order valence-corrected chi connectivity index (χ1v) is 10.4. The molecule has 4 nitrogen and oxygen atoms in total. The first kappa shape index (κ1) is 21.1. The molecule has 0 aromatic heterocycles. The minimum Gasteiger partial charge on any atom is -0.457 e. The number of amides is 1. The number of para-hydroxylation sites is 1. The largest absolute Gasteiger partial charge is 0.457 e. The minimum absolute atomic E-state index is 0.147. The fourth-order valence-corrected chi connectivity index (χ4v) is 3.45. The summed E-state index contributed by atoms with van der Waals surface area (Å²) in [7, 11) is 0. The third-order valence-corrected chi connectivity index (χ3v) is 5.09. The van der Waals surface area contributed by atoms with E-state index in [4.69, 9.17) is 4.74 Å². The summed E-state index contributed by atoms with van der Waals surface area (Å²) in [5.41, 5.74) is 3.20. The number of hydrogen-bond donors (Lipinski definition) is 0.